The number of aromatic nitrogens is 1. The molecule has 0 radical (unpaired) electrons. The summed E-state index contributed by atoms with van der Waals surface area (Å²) in [5.41, 5.74) is -0.749. The lowest BCUT2D eigenvalue weighted by Crippen LogP contribution is -2.24. The van der Waals surface area contributed by atoms with Gasteiger partial charge < -0.3 is 9.67 Å². The van der Waals surface area contributed by atoms with Crippen molar-refractivity contribution < 1.29 is 18.3 Å². The van der Waals surface area contributed by atoms with Crippen LogP contribution in [0, 0.1) is 5.41 Å². The Morgan fingerprint density at radius 2 is 2.00 bits per heavy atom. The number of hydrogen-bond donors (Lipinski definition) is 2. The summed E-state index contributed by atoms with van der Waals surface area (Å²) in [4.78, 5) is 0. The lowest BCUT2D eigenvalue weighted by Gasteiger charge is -2.16. The van der Waals surface area contributed by atoms with Crippen molar-refractivity contribution in [1.82, 2.24) is 4.57 Å². The minimum Gasteiger partial charge on any atom is -0.396 e. The maximum atomic E-state index is 12.9. The van der Waals surface area contributed by atoms with E-state index in [-0.39, 0.29) is 30.5 Å². The molecule has 0 amide bonds. The van der Waals surface area contributed by atoms with Gasteiger partial charge in [-0.3, -0.25) is 5.41 Å². The molecule has 0 saturated carbocycles. The minimum atomic E-state index is -4.45. The van der Waals surface area contributed by atoms with Crippen LogP contribution in [0.1, 0.15) is 37.3 Å². The molecule has 0 bridgehead atoms. The number of pyridine rings is 1. The van der Waals surface area contributed by atoms with E-state index in [4.69, 9.17) is 10.5 Å². The molecule has 2 N–H and O–H groups in total. The Bertz CT molecular complexity index is 466. The standard InChI is InChI=1S/C13H19F3N2O/c1-2-3-6-18-9-10(5-4-7-19)11(8-12(18)17)13(14,15)16/h8-9,17,19H,2-7H2,1H3. The fourth-order valence-corrected chi connectivity index (χ4v) is 1.89. The van der Waals surface area contributed by atoms with E-state index >= 15 is 0 Å². The Morgan fingerprint density at radius 3 is 2.53 bits per heavy atom. The number of halogens is 3. The van der Waals surface area contributed by atoms with E-state index in [2.05, 4.69) is 0 Å². The number of aliphatic hydroxyl groups is 1. The van der Waals surface area contributed by atoms with Gasteiger partial charge in [0.2, 0.25) is 0 Å². The van der Waals surface area contributed by atoms with Crippen molar-refractivity contribution in [1.29, 1.82) is 5.41 Å². The van der Waals surface area contributed by atoms with Crippen LogP contribution in [-0.4, -0.2) is 16.3 Å². The summed E-state index contributed by atoms with van der Waals surface area (Å²) in [6.45, 7) is 2.38. The van der Waals surface area contributed by atoms with Gasteiger partial charge in [-0.05, 0) is 30.9 Å². The highest BCUT2D eigenvalue weighted by Gasteiger charge is 2.33. The topological polar surface area (TPSA) is 49.0 Å². The van der Waals surface area contributed by atoms with E-state index in [1.807, 2.05) is 6.92 Å². The Labute approximate surface area is 110 Å². The van der Waals surface area contributed by atoms with Crippen molar-refractivity contribution in [3.63, 3.8) is 0 Å². The molecule has 0 atom stereocenters. The maximum Gasteiger partial charge on any atom is 0.416 e. The van der Waals surface area contributed by atoms with Crippen LogP contribution >= 0.6 is 0 Å². The molecule has 19 heavy (non-hydrogen) atoms. The number of alkyl halides is 3. The van der Waals surface area contributed by atoms with Gasteiger partial charge in [-0.25, -0.2) is 0 Å². The monoisotopic (exact) mass is 276 g/mol. The van der Waals surface area contributed by atoms with Crippen molar-refractivity contribution >= 4 is 0 Å². The molecule has 0 unspecified atom stereocenters. The third-order valence-electron chi connectivity index (χ3n) is 2.91. The van der Waals surface area contributed by atoms with Crippen LogP contribution in [0.15, 0.2) is 12.3 Å². The van der Waals surface area contributed by atoms with Crippen LogP contribution in [0.3, 0.4) is 0 Å². The van der Waals surface area contributed by atoms with Gasteiger partial charge in [-0.15, -0.1) is 0 Å². The van der Waals surface area contributed by atoms with Gasteiger partial charge in [0.1, 0.15) is 5.49 Å². The van der Waals surface area contributed by atoms with E-state index < -0.39 is 11.7 Å². The van der Waals surface area contributed by atoms with Gasteiger partial charge >= 0.3 is 6.18 Å². The molecular formula is C13H19F3N2O. The van der Waals surface area contributed by atoms with Crippen LogP contribution in [0.2, 0.25) is 0 Å². The maximum absolute atomic E-state index is 12.9. The molecule has 0 aliphatic carbocycles. The highest BCUT2D eigenvalue weighted by atomic mass is 19.4. The molecule has 1 aromatic rings. The van der Waals surface area contributed by atoms with E-state index in [0.29, 0.717) is 6.54 Å². The van der Waals surface area contributed by atoms with Crippen LogP contribution in [0.5, 0.6) is 0 Å². The zero-order valence-electron chi connectivity index (χ0n) is 10.9. The third-order valence-corrected chi connectivity index (χ3v) is 2.91. The third kappa shape index (κ3) is 4.38. The molecule has 0 saturated heterocycles. The molecule has 108 valence electrons. The average molecular weight is 276 g/mol. The van der Waals surface area contributed by atoms with E-state index in [1.165, 1.54) is 10.8 Å². The SMILES string of the molecule is CCCCn1cc(CCCO)c(C(F)(F)F)cc1=N. The fourth-order valence-electron chi connectivity index (χ4n) is 1.89. The molecule has 6 heteroatoms. The predicted molar refractivity (Wildman–Crippen MR) is 65.6 cm³/mol. The molecule has 3 nitrogen and oxygen atoms in total. The Morgan fingerprint density at radius 1 is 1.32 bits per heavy atom. The molecule has 1 rings (SSSR count). The zero-order chi connectivity index (χ0) is 14.5. The number of aliphatic hydroxyl groups excluding tert-OH is 1. The number of nitrogens with zero attached hydrogens (tertiary/aromatic N) is 1. The Kier molecular flexibility index (Phi) is 5.60. The summed E-state index contributed by atoms with van der Waals surface area (Å²) >= 11 is 0. The second-order valence-electron chi connectivity index (χ2n) is 4.47. The fraction of sp³-hybridized carbons (Fsp3) is 0.615. The predicted octanol–water partition coefficient (Wildman–Crippen LogP) is 2.71. The van der Waals surface area contributed by atoms with E-state index in [0.717, 1.165) is 18.9 Å². The van der Waals surface area contributed by atoms with Crippen molar-refractivity contribution in [3.05, 3.63) is 28.9 Å². The largest absolute Gasteiger partial charge is 0.416 e. The summed E-state index contributed by atoms with van der Waals surface area (Å²) < 4.78 is 40.2. The highest BCUT2D eigenvalue weighted by molar-refractivity contribution is 5.26. The summed E-state index contributed by atoms with van der Waals surface area (Å²) in [6.07, 6.45) is -0.867. The molecule has 0 spiro atoms. The number of unbranched alkanes of at least 4 members (excludes halogenated alkanes) is 1. The van der Waals surface area contributed by atoms with Gasteiger partial charge in [-0.2, -0.15) is 13.2 Å². The summed E-state index contributed by atoms with van der Waals surface area (Å²) in [7, 11) is 0. The van der Waals surface area contributed by atoms with Crippen LogP contribution < -0.4 is 5.49 Å². The number of hydrogen-bond acceptors (Lipinski definition) is 2. The minimum absolute atomic E-state index is 0.131. The smallest absolute Gasteiger partial charge is 0.396 e. The first kappa shape index (κ1) is 15.8. The van der Waals surface area contributed by atoms with Crippen LogP contribution in [0.4, 0.5) is 13.2 Å². The lowest BCUT2D eigenvalue weighted by molar-refractivity contribution is -0.138. The normalized spacial score (nSPS) is 11.8. The second-order valence-corrected chi connectivity index (χ2v) is 4.47. The molecule has 0 aliphatic rings. The van der Waals surface area contributed by atoms with Crippen LogP contribution in [0.25, 0.3) is 0 Å². The zero-order valence-corrected chi connectivity index (χ0v) is 10.9. The van der Waals surface area contributed by atoms with E-state index in [9.17, 15) is 13.2 Å². The number of nitrogens with one attached hydrogen (secondary N) is 1. The van der Waals surface area contributed by atoms with Gasteiger partial charge in [0, 0.05) is 19.3 Å². The lowest BCUT2D eigenvalue weighted by atomic mass is 10.0. The van der Waals surface area contributed by atoms with E-state index in [1.54, 1.807) is 0 Å². The molecular weight excluding hydrogens is 257 g/mol. The summed E-state index contributed by atoms with van der Waals surface area (Å²) in [6, 6.07) is 0.877. The Hall–Kier alpha value is -1.30. The summed E-state index contributed by atoms with van der Waals surface area (Å²) in [5, 5.41) is 16.4. The molecule has 1 aromatic heterocycles. The first-order valence-electron chi connectivity index (χ1n) is 6.36. The second kappa shape index (κ2) is 6.75. The van der Waals surface area contributed by atoms with Crippen molar-refractivity contribution in [3.8, 4) is 0 Å². The number of rotatable bonds is 6. The Balaban J connectivity index is 3.17. The van der Waals surface area contributed by atoms with Gasteiger partial charge in [0.15, 0.2) is 0 Å². The first-order chi connectivity index (χ1) is 8.90. The molecule has 0 fully saturated rings. The highest BCUT2D eigenvalue weighted by Crippen LogP contribution is 2.31. The molecule has 1 heterocycles. The van der Waals surface area contributed by atoms with Gasteiger partial charge in [0.05, 0.1) is 5.56 Å². The first-order valence-corrected chi connectivity index (χ1v) is 6.36. The quantitative estimate of drug-likeness (QED) is 0.824. The average Bonchev–Trinajstić information content (AvgIpc) is 2.34. The molecule has 0 aromatic carbocycles. The molecule has 0 aliphatic heterocycles. The summed E-state index contributed by atoms with van der Waals surface area (Å²) in [5.74, 6) is 0. The van der Waals surface area contributed by atoms with Crippen LogP contribution in [-0.2, 0) is 19.1 Å². The van der Waals surface area contributed by atoms with Crippen molar-refractivity contribution in [2.45, 2.75) is 45.3 Å². The van der Waals surface area contributed by atoms with Gasteiger partial charge in [-0.1, -0.05) is 13.3 Å². The number of aryl methyl sites for hydroxylation is 2. The van der Waals surface area contributed by atoms with Crippen molar-refractivity contribution in [2.75, 3.05) is 6.61 Å². The van der Waals surface area contributed by atoms with Gasteiger partial charge in [0.25, 0.3) is 0 Å². The van der Waals surface area contributed by atoms with Crippen molar-refractivity contribution in [2.24, 2.45) is 0 Å².